The number of aryl methyl sites for hydroxylation is 1. The number of hydrogen-bond acceptors (Lipinski definition) is 6. The summed E-state index contributed by atoms with van der Waals surface area (Å²) in [5.41, 5.74) is 4.10. The number of imidazole rings is 1. The maximum absolute atomic E-state index is 13.0. The minimum absolute atomic E-state index is 0.0708. The van der Waals surface area contributed by atoms with E-state index >= 15 is 0 Å². The Hall–Kier alpha value is -4.74. The average Bonchev–Trinajstić information content (AvgIpc) is 3.34. The first-order chi connectivity index (χ1) is 18.3. The first kappa shape index (κ1) is 24.9. The lowest BCUT2D eigenvalue weighted by Gasteiger charge is -2.33. The SMILES string of the molecule is Cc1cc(Nc2nccn3c(-c4ccc(OC(F)F)cc4)cnc23)ccc1C(=O)N1CCN(C(=O)O)CC1. The molecule has 0 bridgehead atoms. The standard InChI is InChI=1S/C26H24F2N6O4/c1-16-14-18(4-7-20(16)24(35)32-10-12-33(13-11-32)26(36)37)31-22-23-30-15-21(34(23)9-8-29-22)17-2-5-19(6-3-17)38-25(27)28/h2-9,14-15,25H,10-13H2,1H3,(H,29,31)(H,36,37). The van der Waals surface area contributed by atoms with Crippen LogP contribution in [0.3, 0.4) is 0 Å². The molecule has 2 aromatic carbocycles. The van der Waals surface area contributed by atoms with Gasteiger partial charge in [0.15, 0.2) is 11.5 Å². The quantitative estimate of drug-likeness (QED) is 0.384. The molecule has 3 heterocycles. The highest BCUT2D eigenvalue weighted by Crippen LogP contribution is 2.28. The molecule has 0 unspecified atom stereocenters. The van der Waals surface area contributed by atoms with Crippen LogP contribution in [0, 0.1) is 6.92 Å². The van der Waals surface area contributed by atoms with Crippen molar-refractivity contribution in [1.82, 2.24) is 24.2 Å². The van der Waals surface area contributed by atoms with Crippen molar-refractivity contribution in [2.24, 2.45) is 0 Å². The Balaban J connectivity index is 1.33. The molecule has 1 fully saturated rings. The highest BCUT2D eigenvalue weighted by molar-refractivity contribution is 5.96. The fraction of sp³-hybridized carbons (Fsp3) is 0.231. The zero-order chi connectivity index (χ0) is 26.8. The fourth-order valence-electron chi connectivity index (χ4n) is 4.42. The first-order valence-corrected chi connectivity index (χ1v) is 11.8. The molecule has 0 atom stereocenters. The molecular weight excluding hydrogens is 498 g/mol. The Morgan fingerprint density at radius 2 is 1.74 bits per heavy atom. The average molecular weight is 523 g/mol. The molecule has 38 heavy (non-hydrogen) atoms. The van der Waals surface area contributed by atoms with E-state index in [4.69, 9.17) is 5.11 Å². The summed E-state index contributed by atoms with van der Waals surface area (Å²) in [6, 6.07) is 11.7. The van der Waals surface area contributed by atoms with Crippen molar-refractivity contribution < 1.29 is 28.2 Å². The van der Waals surface area contributed by atoms with Crippen molar-refractivity contribution in [3.05, 3.63) is 72.2 Å². The lowest BCUT2D eigenvalue weighted by molar-refractivity contribution is -0.0498. The van der Waals surface area contributed by atoms with Gasteiger partial charge in [0.25, 0.3) is 5.91 Å². The van der Waals surface area contributed by atoms with Gasteiger partial charge in [0.1, 0.15) is 5.75 Å². The number of carbonyl (C=O) groups is 2. The maximum atomic E-state index is 13.0. The van der Waals surface area contributed by atoms with E-state index in [0.717, 1.165) is 16.8 Å². The van der Waals surface area contributed by atoms with Crippen LogP contribution in [-0.4, -0.2) is 74.1 Å². The summed E-state index contributed by atoms with van der Waals surface area (Å²) in [5.74, 6) is 0.434. The molecule has 0 radical (unpaired) electrons. The fourth-order valence-corrected chi connectivity index (χ4v) is 4.42. The van der Waals surface area contributed by atoms with Crippen LogP contribution in [0.5, 0.6) is 5.75 Å². The van der Waals surface area contributed by atoms with Gasteiger partial charge in [0.05, 0.1) is 11.9 Å². The summed E-state index contributed by atoms with van der Waals surface area (Å²) in [4.78, 5) is 36.0. The van der Waals surface area contributed by atoms with Crippen LogP contribution in [0.25, 0.3) is 16.9 Å². The number of piperazine rings is 1. The van der Waals surface area contributed by atoms with Crippen molar-refractivity contribution >= 4 is 29.2 Å². The van der Waals surface area contributed by atoms with Gasteiger partial charge in [-0.3, -0.25) is 9.20 Å². The summed E-state index contributed by atoms with van der Waals surface area (Å²) in [6.07, 6.45) is 4.07. The van der Waals surface area contributed by atoms with E-state index in [-0.39, 0.29) is 24.7 Å². The molecule has 2 amide bonds. The molecule has 12 heteroatoms. The molecular formula is C26H24F2N6O4. The molecule has 0 saturated carbocycles. The second-order valence-corrected chi connectivity index (χ2v) is 8.73. The third kappa shape index (κ3) is 5.05. The van der Waals surface area contributed by atoms with Crippen molar-refractivity contribution in [2.75, 3.05) is 31.5 Å². The largest absolute Gasteiger partial charge is 0.465 e. The number of nitrogens with one attached hydrogen (secondary N) is 1. The maximum Gasteiger partial charge on any atom is 0.407 e. The molecule has 0 aliphatic carbocycles. The summed E-state index contributed by atoms with van der Waals surface area (Å²) in [5, 5.41) is 12.4. The van der Waals surface area contributed by atoms with Gasteiger partial charge >= 0.3 is 12.7 Å². The van der Waals surface area contributed by atoms with Crippen molar-refractivity contribution in [1.29, 1.82) is 0 Å². The monoisotopic (exact) mass is 522 g/mol. The van der Waals surface area contributed by atoms with Gasteiger partial charge in [-0.1, -0.05) is 0 Å². The second kappa shape index (κ2) is 10.3. The number of aromatic nitrogens is 3. The number of alkyl halides is 2. The zero-order valence-electron chi connectivity index (χ0n) is 20.3. The van der Waals surface area contributed by atoms with E-state index < -0.39 is 12.7 Å². The normalized spacial score (nSPS) is 13.7. The van der Waals surface area contributed by atoms with Gasteiger partial charge in [0.2, 0.25) is 0 Å². The number of carbonyl (C=O) groups excluding carboxylic acids is 1. The molecule has 1 aliphatic rings. The summed E-state index contributed by atoms with van der Waals surface area (Å²) < 4.78 is 31.1. The van der Waals surface area contributed by atoms with Crippen LogP contribution in [-0.2, 0) is 0 Å². The molecule has 10 nitrogen and oxygen atoms in total. The molecule has 4 aromatic rings. The van der Waals surface area contributed by atoms with Crippen molar-refractivity contribution in [3.8, 4) is 17.0 Å². The highest BCUT2D eigenvalue weighted by atomic mass is 19.3. The van der Waals surface area contributed by atoms with Gasteiger partial charge in [-0.15, -0.1) is 0 Å². The zero-order valence-corrected chi connectivity index (χ0v) is 20.3. The van der Waals surface area contributed by atoms with Crippen LogP contribution in [0.4, 0.5) is 25.1 Å². The van der Waals surface area contributed by atoms with E-state index in [0.29, 0.717) is 35.8 Å². The van der Waals surface area contributed by atoms with Crippen LogP contribution in [0.15, 0.2) is 61.1 Å². The third-order valence-corrected chi connectivity index (χ3v) is 6.36. The number of nitrogens with zero attached hydrogens (tertiary/aromatic N) is 5. The Morgan fingerprint density at radius 3 is 2.39 bits per heavy atom. The van der Waals surface area contributed by atoms with Crippen LogP contribution >= 0.6 is 0 Å². The molecule has 1 aliphatic heterocycles. The van der Waals surface area contributed by atoms with E-state index in [9.17, 15) is 18.4 Å². The molecule has 0 spiro atoms. The second-order valence-electron chi connectivity index (χ2n) is 8.73. The first-order valence-electron chi connectivity index (χ1n) is 11.8. The van der Waals surface area contributed by atoms with Crippen LogP contribution < -0.4 is 10.1 Å². The summed E-state index contributed by atoms with van der Waals surface area (Å²) >= 11 is 0. The number of benzene rings is 2. The highest BCUT2D eigenvalue weighted by Gasteiger charge is 2.25. The smallest absolute Gasteiger partial charge is 0.407 e. The number of rotatable bonds is 6. The Bertz CT molecular complexity index is 1480. The van der Waals surface area contributed by atoms with Gasteiger partial charge in [-0.25, -0.2) is 14.8 Å². The van der Waals surface area contributed by atoms with Crippen molar-refractivity contribution in [2.45, 2.75) is 13.5 Å². The van der Waals surface area contributed by atoms with Crippen LogP contribution in [0.1, 0.15) is 15.9 Å². The predicted molar refractivity (Wildman–Crippen MR) is 135 cm³/mol. The minimum Gasteiger partial charge on any atom is -0.465 e. The van der Waals surface area contributed by atoms with Crippen LogP contribution in [0.2, 0.25) is 0 Å². The molecule has 2 aromatic heterocycles. The topological polar surface area (TPSA) is 112 Å². The molecule has 5 rings (SSSR count). The van der Waals surface area contributed by atoms with E-state index in [1.54, 1.807) is 47.8 Å². The molecule has 2 N–H and O–H groups in total. The predicted octanol–water partition coefficient (Wildman–Crippen LogP) is 4.49. The Labute approximate surface area is 216 Å². The number of carboxylic acid groups (broad SMARTS) is 1. The van der Waals surface area contributed by atoms with Crippen molar-refractivity contribution in [3.63, 3.8) is 0 Å². The van der Waals surface area contributed by atoms with E-state index in [2.05, 4.69) is 20.0 Å². The molecule has 196 valence electrons. The lowest BCUT2D eigenvalue weighted by Crippen LogP contribution is -2.50. The van der Waals surface area contributed by atoms with Gasteiger partial charge in [-0.2, -0.15) is 8.78 Å². The number of hydrogen-bond donors (Lipinski definition) is 2. The van der Waals surface area contributed by atoms with Gasteiger partial charge in [0, 0.05) is 55.4 Å². The summed E-state index contributed by atoms with van der Waals surface area (Å²) in [6.45, 7) is 0.225. The van der Waals surface area contributed by atoms with Gasteiger partial charge in [-0.05, 0) is 55.0 Å². The number of halogens is 2. The lowest BCUT2D eigenvalue weighted by atomic mass is 10.1. The Kier molecular flexibility index (Phi) is 6.77. The van der Waals surface area contributed by atoms with Gasteiger partial charge < -0.3 is 25.0 Å². The number of ether oxygens (including phenoxy) is 1. The van der Waals surface area contributed by atoms with E-state index in [1.807, 2.05) is 17.4 Å². The van der Waals surface area contributed by atoms with E-state index in [1.165, 1.54) is 17.0 Å². The number of fused-ring (bicyclic) bond motifs is 1. The number of anilines is 2. The summed E-state index contributed by atoms with van der Waals surface area (Å²) in [7, 11) is 0. The third-order valence-electron chi connectivity index (χ3n) is 6.36. The number of amides is 2. The molecule has 1 saturated heterocycles. The Morgan fingerprint density at radius 1 is 1.03 bits per heavy atom. The minimum atomic E-state index is -2.89.